The maximum absolute atomic E-state index is 10.9. The maximum Gasteiger partial charge on any atom is 0.161 e. The molecule has 0 fully saturated rings. The van der Waals surface area contributed by atoms with Crippen molar-refractivity contribution in [3.8, 4) is 6.07 Å². The third-order valence-corrected chi connectivity index (χ3v) is 3.34. The molecular weight excluding hydrogens is 150 g/mol. The molecule has 0 saturated carbocycles. The highest BCUT2D eigenvalue weighted by Crippen LogP contribution is 2.14. The van der Waals surface area contributed by atoms with E-state index >= 15 is 0 Å². The summed E-state index contributed by atoms with van der Waals surface area (Å²) in [4.78, 5) is 0. The first-order valence-electron chi connectivity index (χ1n) is 2.92. The lowest BCUT2D eigenvalue weighted by molar-refractivity contribution is 0.594. The molecule has 1 unspecified atom stereocenters. The number of nitriles is 1. The van der Waals surface area contributed by atoms with Crippen molar-refractivity contribution in [2.45, 2.75) is 11.7 Å². The molecule has 1 rings (SSSR count). The summed E-state index contributed by atoms with van der Waals surface area (Å²) in [5.41, 5.74) is 0. The van der Waals surface area contributed by atoms with Crippen LogP contribution in [0.15, 0.2) is 12.2 Å². The largest absolute Gasteiger partial charge is 0.228 e. The Hall–Kier alpha value is -0.820. The molecule has 0 aromatic heterocycles. The molecule has 10 heavy (non-hydrogen) atoms. The van der Waals surface area contributed by atoms with E-state index in [1.165, 1.54) is 0 Å². The minimum Gasteiger partial charge on any atom is -0.228 e. The van der Waals surface area contributed by atoms with Gasteiger partial charge in [-0.15, -0.1) is 0 Å². The van der Waals surface area contributed by atoms with E-state index in [4.69, 9.17) is 5.26 Å². The van der Waals surface area contributed by atoms with Gasteiger partial charge in [0, 0.05) is 0 Å². The normalized spacial score (nSPS) is 28.1. The van der Waals surface area contributed by atoms with Gasteiger partial charge in [-0.25, -0.2) is 8.42 Å². The molecule has 54 valence electrons. The van der Waals surface area contributed by atoms with Gasteiger partial charge in [0.05, 0.1) is 23.5 Å². The molecule has 0 aromatic carbocycles. The predicted molar refractivity (Wildman–Crippen MR) is 36.9 cm³/mol. The van der Waals surface area contributed by atoms with E-state index in [-0.39, 0.29) is 12.2 Å². The summed E-state index contributed by atoms with van der Waals surface area (Å²) in [6.07, 6.45) is 3.26. The summed E-state index contributed by atoms with van der Waals surface area (Å²) >= 11 is 0. The van der Waals surface area contributed by atoms with E-state index in [1.54, 1.807) is 12.2 Å². The highest BCUT2D eigenvalue weighted by Gasteiger charge is 2.25. The summed E-state index contributed by atoms with van der Waals surface area (Å²) in [6.45, 7) is 0. The number of rotatable bonds is 1. The summed E-state index contributed by atoms with van der Waals surface area (Å²) < 4.78 is 21.9. The molecular formula is C6H7NO2S. The van der Waals surface area contributed by atoms with Gasteiger partial charge in [0.25, 0.3) is 0 Å². The van der Waals surface area contributed by atoms with Crippen molar-refractivity contribution >= 4 is 9.84 Å². The van der Waals surface area contributed by atoms with Crippen LogP contribution in [-0.2, 0) is 9.84 Å². The molecule has 0 aromatic rings. The minimum absolute atomic E-state index is 0.0822. The lowest BCUT2D eigenvalue weighted by Crippen LogP contribution is -2.15. The smallest absolute Gasteiger partial charge is 0.161 e. The molecule has 0 amide bonds. The van der Waals surface area contributed by atoms with Crippen molar-refractivity contribution in [1.29, 1.82) is 5.26 Å². The average Bonchev–Trinajstić information content (AvgIpc) is 2.13. The maximum atomic E-state index is 10.9. The monoisotopic (exact) mass is 157 g/mol. The second kappa shape index (κ2) is 2.43. The highest BCUT2D eigenvalue weighted by atomic mass is 32.2. The van der Waals surface area contributed by atoms with Crippen LogP contribution in [0.2, 0.25) is 0 Å². The highest BCUT2D eigenvalue weighted by molar-refractivity contribution is 7.92. The second-order valence-electron chi connectivity index (χ2n) is 2.16. The van der Waals surface area contributed by atoms with Crippen molar-refractivity contribution in [3.05, 3.63) is 12.2 Å². The average molecular weight is 157 g/mol. The molecule has 1 aliphatic heterocycles. The Morgan fingerprint density at radius 2 is 2.40 bits per heavy atom. The molecule has 1 atom stereocenters. The van der Waals surface area contributed by atoms with E-state index in [2.05, 4.69) is 0 Å². The molecule has 0 bridgehead atoms. The van der Waals surface area contributed by atoms with Gasteiger partial charge >= 0.3 is 0 Å². The van der Waals surface area contributed by atoms with Gasteiger partial charge in [-0.1, -0.05) is 12.2 Å². The first kappa shape index (κ1) is 7.29. The van der Waals surface area contributed by atoms with Crippen LogP contribution in [0.25, 0.3) is 0 Å². The number of sulfone groups is 1. The third-order valence-electron chi connectivity index (χ3n) is 1.43. The topological polar surface area (TPSA) is 57.9 Å². The van der Waals surface area contributed by atoms with Crippen LogP contribution >= 0.6 is 0 Å². The first-order chi connectivity index (χ1) is 4.67. The Morgan fingerprint density at radius 3 is 2.80 bits per heavy atom. The zero-order valence-corrected chi connectivity index (χ0v) is 6.13. The van der Waals surface area contributed by atoms with Crippen LogP contribution in [0.4, 0.5) is 0 Å². The van der Waals surface area contributed by atoms with Gasteiger partial charge in [-0.05, 0) is 0 Å². The fourth-order valence-electron chi connectivity index (χ4n) is 0.870. The van der Waals surface area contributed by atoms with Gasteiger partial charge in [0.15, 0.2) is 9.84 Å². The van der Waals surface area contributed by atoms with Gasteiger partial charge in [0.1, 0.15) is 0 Å². The van der Waals surface area contributed by atoms with Crippen molar-refractivity contribution < 1.29 is 8.42 Å². The Kier molecular flexibility index (Phi) is 1.77. The molecule has 0 radical (unpaired) electrons. The van der Waals surface area contributed by atoms with Crippen LogP contribution in [0.5, 0.6) is 0 Å². The van der Waals surface area contributed by atoms with Crippen molar-refractivity contribution in [2.24, 2.45) is 0 Å². The molecule has 1 heterocycles. The Bertz CT molecular complexity index is 283. The standard InChI is InChI=1S/C6H7NO2S/c7-4-3-6-2-1-5-10(6,8)9/h1-2,6H,3,5H2. The molecule has 4 heteroatoms. The molecule has 1 aliphatic rings. The summed E-state index contributed by atoms with van der Waals surface area (Å²) in [6, 6.07) is 1.83. The fraction of sp³-hybridized carbons (Fsp3) is 0.500. The molecule has 0 saturated heterocycles. The summed E-state index contributed by atoms with van der Waals surface area (Å²) in [7, 11) is -2.98. The molecule has 3 nitrogen and oxygen atoms in total. The lowest BCUT2D eigenvalue weighted by Gasteiger charge is -1.99. The summed E-state index contributed by atoms with van der Waals surface area (Å²) in [5.74, 6) is 0.0966. The van der Waals surface area contributed by atoms with Gasteiger partial charge in [-0.3, -0.25) is 0 Å². The number of hydrogen-bond donors (Lipinski definition) is 0. The lowest BCUT2D eigenvalue weighted by atomic mass is 10.3. The zero-order valence-electron chi connectivity index (χ0n) is 5.32. The van der Waals surface area contributed by atoms with Crippen LogP contribution in [0.3, 0.4) is 0 Å². The minimum atomic E-state index is -2.98. The van der Waals surface area contributed by atoms with Crippen LogP contribution in [0.1, 0.15) is 6.42 Å². The van der Waals surface area contributed by atoms with E-state index in [1.807, 2.05) is 6.07 Å². The molecule has 0 aliphatic carbocycles. The van der Waals surface area contributed by atoms with E-state index in [0.717, 1.165) is 0 Å². The van der Waals surface area contributed by atoms with Gasteiger partial charge in [0.2, 0.25) is 0 Å². The second-order valence-corrected chi connectivity index (χ2v) is 4.42. The predicted octanol–water partition coefficient (Wildman–Crippen LogP) is 0.253. The van der Waals surface area contributed by atoms with Crippen molar-refractivity contribution in [2.75, 3.05) is 5.75 Å². The Balaban J connectivity index is 2.80. The van der Waals surface area contributed by atoms with Crippen molar-refractivity contribution in [1.82, 2.24) is 0 Å². The van der Waals surface area contributed by atoms with Crippen molar-refractivity contribution in [3.63, 3.8) is 0 Å². The molecule has 0 spiro atoms. The molecule has 0 N–H and O–H groups in total. The third kappa shape index (κ3) is 1.19. The Labute approximate surface area is 59.9 Å². The van der Waals surface area contributed by atoms with Crippen LogP contribution in [-0.4, -0.2) is 19.4 Å². The van der Waals surface area contributed by atoms with E-state index < -0.39 is 15.1 Å². The van der Waals surface area contributed by atoms with Crippen LogP contribution < -0.4 is 0 Å². The quantitative estimate of drug-likeness (QED) is 0.513. The van der Waals surface area contributed by atoms with Gasteiger partial charge < -0.3 is 0 Å². The van der Waals surface area contributed by atoms with E-state index in [9.17, 15) is 8.42 Å². The Morgan fingerprint density at radius 1 is 1.70 bits per heavy atom. The van der Waals surface area contributed by atoms with E-state index in [0.29, 0.717) is 0 Å². The fourth-order valence-corrected chi connectivity index (χ4v) is 2.18. The summed E-state index contributed by atoms with van der Waals surface area (Å²) in [5, 5.41) is 7.67. The first-order valence-corrected chi connectivity index (χ1v) is 4.63. The van der Waals surface area contributed by atoms with Crippen LogP contribution in [0, 0.1) is 11.3 Å². The SMILES string of the molecule is N#CCC1C=CCS1(=O)=O. The number of nitrogens with zero attached hydrogens (tertiary/aromatic N) is 1. The van der Waals surface area contributed by atoms with Gasteiger partial charge in [-0.2, -0.15) is 5.26 Å². The zero-order chi connectivity index (χ0) is 7.61. The number of hydrogen-bond acceptors (Lipinski definition) is 3.